The van der Waals surface area contributed by atoms with Gasteiger partial charge in [-0.05, 0) is 24.3 Å². The summed E-state index contributed by atoms with van der Waals surface area (Å²) >= 11 is 0. The summed E-state index contributed by atoms with van der Waals surface area (Å²) in [6, 6.07) is 12.5. The van der Waals surface area contributed by atoms with Gasteiger partial charge in [-0.25, -0.2) is 9.78 Å². The van der Waals surface area contributed by atoms with Gasteiger partial charge in [0.05, 0.1) is 5.56 Å². The molecule has 0 atom stereocenters. The molecule has 1 N–H and O–H groups in total. The highest BCUT2D eigenvalue weighted by molar-refractivity contribution is 5.87. The molecule has 7 nitrogen and oxygen atoms in total. The number of nitrogens with zero attached hydrogens (tertiary/aromatic N) is 3. The molecule has 0 radical (unpaired) electrons. The number of carbonyl (C=O) groups excluding carboxylic acids is 1. The molecule has 0 spiro atoms. The summed E-state index contributed by atoms with van der Waals surface area (Å²) in [7, 11) is 0. The van der Waals surface area contributed by atoms with Gasteiger partial charge in [-0.3, -0.25) is 4.79 Å². The average Bonchev–Trinajstić information content (AvgIpc) is 2.67. The van der Waals surface area contributed by atoms with Gasteiger partial charge in [0.25, 0.3) is 5.91 Å². The average molecular weight is 341 g/mol. The number of aromatic carboxylic acids is 1. The molecule has 1 aliphatic rings. The van der Waals surface area contributed by atoms with Crippen molar-refractivity contribution in [1.29, 1.82) is 0 Å². The van der Waals surface area contributed by atoms with Gasteiger partial charge in [0.2, 0.25) is 0 Å². The third-order valence-electron chi connectivity index (χ3n) is 4.06. The molecule has 2 aromatic rings. The molecule has 25 heavy (non-hydrogen) atoms. The van der Waals surface area contributed by atoms with Gasteiger partial charge < -0.3 is 19.6 Å². The number of carboxylic acids is 1. The maximum atomic E-state index is 12.2. The van der Waals surface area contributed by atoms with Gasteiger partial charge in [0.1, 0.15) is 11.6 Å². The molecule has 1 aromatic heterocycles. The normalized spacial score (nSPS) is 14.2. The topological polar surface area (TPSA) is 83.0 Å². The highest BCUT2D eigenvalue weighted by atomic mass is 16.5. The molecule has 1 aliphatic heterocycles. The molecule has 0 unspecified atom stereocenters. The molecule has 1 saturated heterocycles. The Labute approximate surface area is 145 Å². The molecule has 1 amide bonds. The number of rotatable bonds is 5. The second kappa shape index (κ2) is 7.65. The minimum Gasteiger partial charge on any atom is -0.484 e. The summed E-state index contributed by atoms with van der Waals surface area (Å²) < 4.78 is 5.50. The monoisotopic (exact) mass is 341 g/mol. The van der Waals surface area contributed by atoms with Gasteiger partial charge in [-0.1, -0.05) is 18.2 Å². The van der Waals surface area contributed by atoms with E-state index in [9.17, 15) is 9.59 Å². The Morgan fingerprint density at radius 3 is 2.36 bits per heavy atom. The molecule has 7 heteroatoms. The maximum absolute atomic E-state index is 12.2. The van der Waals surface area contributed by atoms with Crippen LogP contribution in [-0.4, -0.2) is 59.7 Å². The third kappa shape index (κ3) is 4.26. The summed E-state index contributed by atoms with van der Waals surface area (Å²) in [6.45, 7) is 2.49. The molecule has 2 heterocycles. The number of amides is 1. The van der Waals surface area contributed by atoms with Gasteiger partial charge in [-0.2, -0.15) is 0 Å². The standard InChI is InChI=1S/C18H19N3O4/c22-17(13-25-15-4-2-1-3-5-15)21-10-8-20(9-11-21)16-7-6-14(12-19-16)18(23)24/h1-7,12H,8-11,13H2,(H,23,24). The number of para-hydroxylation sites is 1. The molecule has 0 saturated carbocycles. The van der Waals surface area contributed by atoms with Crippen molar-refractivity contribution < 1.29 is 19.4 Å². The Hall–Kier alpha value is -3.09. The summed E-state index contributed by atoms with van der Waals surface area (Å²) in [6.07, 6.45) is 1.35. The van der Waals surface area contributed by atoms with Crippen molar-refractivity contribution in [1.82, 2.24) is 9.88 Å². The van der Waals surface area contributed by atoms with Crippen LogP contribution < -0.4 is 9.64 Å². The summed E-state index contributed by atoms with van der Waals surface area (Å²) in [5.41, 5.74) is 0.163. The van der Waals surface area contributed by atoms with Crippen LogP contribution in [0.4, 0.5) is 5.82 Å². The highest BCUT2D eigenvalue weighted by Crippen LogP contribution is 2.15. The number of hydrogen-bond donors (Lipinski definition) is 1. The minimum atomic E-state index is -0.993. The fourth-order valence-corrected chi connectivity index (χ4v) is 2.64. The number of carboxylic acid groups (broad SMARTS) is 1. The Balaban J connectivity index is 1.49. The van der Waals surface area contributed by atoms with Crippen LogP contribution in [0.15, 0.2) is 48.7 Å². The van der Waals surface area contributed by atoms with E-state index in [1.807, 2.05) is 35.2 Å². The van der Waals surface area contributed by atoms with Crippen molar-refractivity contribution in [3.63, 3.8) is 0 Å². The van der Waals surface area contributed by atoms with E-state index < -0.39 is 5.97 Å². The molecule has 1 aromatic carbocycles. The molecule has 0 bridgehead atoms. The Morgan fingerprint density at radius 2 is 1.76 bits per heavy atom. The van der Waals surface area contributed by atoms with Crippen molar-refractivity contribution >= 4 is 17.7 Å². The first-order valence-electron chi connectivity index (χ1n) is 8.03. The SMILES string of the molecule is O=C(O)c1ccc(N2CCN(C(=O)COc3ccccc3)CC2)nc1. The number of carbonyl (C=O) groups is 2. The van der Waals surface area contributed by atoms with E-state index in [1.54, 1.807) is 11.0 Å². The summed E-state index contributed by atoms with van der Waals surface area (Å²) in [5, 5.41) is 8.91. The summed E-state index contributed by atoms with van der Waals surface area (Å²) in [4.78, 5) is 31.1. The zero-order valence-electron chi connectivity index (χ0n) is 13.7. The molecule has 1 fully saturated rings. The van der Waals surface area contributed by atoms with Crippen LogP contribution in [0.2, 0.25) is 0 Å². The van der Waals surface area contributed by atoms with Crippen LogP contribution in [0.25, 0.3) is 0 Å². The van der Waals surface area contributed by atoms with Crippen LogP contribution >= 0.6 is 0 Å². The van der Waals surface area contributed by atoms with E-state index >= 15 is 0 Å². The van der Waals surface area contributed by atoms with E-state index in [4.69, 9.17) is 9.84 Å². The fraction of sp³-hybridized carbons (Fsp3) is 0.278. The van der Waals surface area contributed by atoms with Gasteiger partial charge >= 0.3 is 5.97 Å². The maximum Gasteiger partial charge on any atom is 0.337 e. The Bertz CT molecular complexity index is 726. The smallest absolute Gasteiger partial charge is 0.337 e. The molecule has 0 aliphatic carbocycles. The number of ether oxygens (including phenoxy) is 1. The van der Waals surface area contributed by atoms with E-state index in [0.717, 1.165) is 5.82 Å². The predicted octanol–water partition coefficient (Wildman–Crippen LogP) is 1.51. The van der Waals surface area contributed by atoms with Gasteiger partial charge in [0, 0.05) is 32.4 Å². The fourth-order valence-electron chi connectivity index (χ4n) is 2.64. The summed E-state index contributed by atoms with van der Waals surface area (Å²) in [5.74, 6) is 0.361. The number of pyridine rings is 1. The number of piperazine rings is 1. The second-order valence-corrected chi connectivity index (χ2v) is 5.68. The Kier molecular flexibility index (Phi) is 5.13. The molecular weight excluding hydrogens is 322 g/mol. The number of anilines is 1. The minimum absolute atomic E-state index is 0.0234. The lowest BCUT2D eigenvalue weighted by Crippen LogP contribution is -2.50. The van der Waals surface area contributed by atoms with E-state index in [1.165, 1.54) is 12.3 Å². The van der Waals surface area contributed by atoms with Gasteiger partial charge in [0.15, 0.2) is 6.61 Å². The third-order valence-corrected chi connectivity index (χ3v) is 4.06. The van der Waals surface area contributed by atoms with Crippen LogP contribution in [0.1, 0.15) is 10.4 Å². The number of benzene rings is 1. The zero-order valence-corrected chi connectivity index (χ0v) is 13.7. The first-order valence-corrected chi connectivity index (χ1v) is 8.03. The Morgan fingerprint density at radius 1 is 1.04 bits per heavy atom. The van der Waals surface area contributed by atoms with E-state index in [-0.39, 0.29) is 18.1 Å². The lowest BCUT2D eigenvalue weighted by atomic mass is 10.2. The van der Waals surface area contributed by atoms with Crippen molar-refractivity contribution in [2.45, 2.75) is 0 Å². The van der Waals surface area contributed by atoms with Gasteiger partial charge in [-0.15, -0.1) is 0 Å². The lowest BCUT2D eigenvalue weighted by Gasteiger charge is -2.35. The van der Waals surface area contributed by atoms with Crippen molar-refractivity contribution in [3.8, 4) is 5.75 Å². The molecule has 3 rings (SSSR count). The first-order chi connectivity index (χ1) is 12.1. The lowest BCUT2D eigenvalue weighted by molar-refractivity contribution is -0.133. The number of aromatic nitrogens is 1. The van der Waals surface area contributed by atoms with Crippen LogP contribution in [0, 0.1) is 0 Å². The first kappa shape index (κ1) is 16.8. The molecular formula is C18H19N3O4. The van der Waals surface area contributed by atoms with Crippen LogP contribution in [0.3, 0.4) is 0 Å². The molecule has 130 valence electrons. The van der Waals surface area contributed by atoms with E-state index in [2.05, 4.69) is 4.98 Å². The van der Waals surface area contributed by atoms with Crippen molar-refractivity contribution in [2.75, 3.05) is 37.7 Å². The number of hydrogen-bond acceptors (Lipinski definition) is 5. The van der Waals surface area contributed by atoms with Crippen molar-refractivity contribution in [3.05, 3.63) is 54.2 Å². The van der Waals surface area contributed by atoms with Crippen LogP contribution in [0.5, 0.6) is 5.75 Å². The zero-order chi connectivity index (χ0) is 17.6. The quantitative estimate of drug-likeness (QED) is 0.887. The van der Waals surface area contributed by atoms with Crippen molar-refractivity contribution in [2.24, 2.45) is 0 Å². The van der Waals surface area contributed by atoms with E-state index in [0.29, 0.717) is 31.9 Å². The van der Waals surface area contributed by atoms with Crippen LogP contribution in [-0.2, 0) is 4.79 Å². The largest absolute Gasteiger partial charge is 0.484 e. The predicted molar refractivity (Wildman–Crippen MR) is 91.9 cm³/mol. The second-order valence-electron chi connectivity index (χ2n) is 5.68. The highest BCUT2D eigenvalue weighted by Gasteiger charge is 2.22.